The minimum absolute atomic E-state index is 0.0748. The average molecular weight is 495 g/mol. The number of carbonyl (C=O) groups is 1. The van der Waals surface area contributed by atoms with Crippen LogP contribution in [0.3, 0.4) is 0 Å². The fourth-order valence-corrected chi connectivity index (χ4v) is 5.57. The zero-order valence-electron chi connectivity index (χ0n) is 18.1. The highest BCUT2D eigenvalue weighted by atomic mass is 79.9. The first kappa shape index (κ1) is 22.0. The Balaban J connectivity index is 1.69. The molecular formula is C26H27BrN2OS. The molecule has 1 unspecified atom stereocenters. The van der Waals surface area contributed by atoms with E-state index in [1.807, 2.05) is 60.8 Å². The predicted molar refractivity (Wildman–Crippen MR) is 135 cm³/mol. The van der Waals surface area contributed by atoms with Gasteiger partial charge < -0.3 is 5.32 Å². The van der Waals surface area contributed by atoms with Gasteiger partial charge in [-0.1, -0.05) is 67.0 Å². The third-order valence-corrected chi connectivity index (χ3v) is 7.62. The second kappa shape index (κ2) is 9.09. The van der Waals surface area contributed by atoms with Crippen LogP contribution in [-0.4, -0.2) is 12.1 Å². The van der Waals surface area contributed by atoms with Gasteiger partial charge in [0.1, 0.15) is 5.00 Å². The van der Waals surface area contributed by atoms with Gasteiger partial charge in [0, 0.05) is 21.3 Å². The molecule has 1 aliphatic rings. The molecule has 0 saturated carbocycles. The summed E-state index contributed by atoms with van der Waals surface area (Å²) in [7, 11) is 0. The van der Waals surface area contributed by atoms with Gasteiger partial charge >= 0.3 is 0 Å². The van der Waals surface area contributed by atoms with Crippen molar-refractivity contribution in [3.05, 3.63) is 80.6 Å². The van der Waals surface area contributed by atoms with Gasteiger partial charge in [0.2, 0.25) is 0 Å². The molecule has 31 heavy (non-hydrogen) atoms. The van der Waals surface area contributed by atoms with Gasteiger partial charge in [-0.05, 0) is 66.0 Å². The van der Waals surface area contributed by atoms with Crippen LogP contribution in [0.4, 0.5) is 10.7 Å². The van der Waals surface area contributed by atoms with Crippen LogP contribution < -0.4 is 5.32 Å². The van der Waals surface area contributed by atoms with Crippen LogP contribution in [0.5, 0.6) is 0 Å². The van der Waals surface area contributed by atoms with Crippen molar-refractivity contribution in [2.45, 2.75) is 40.0 Å². The molecule has 0 saturated heterocycles. The molecule has 1 amide bonds. The van der Waals surface area contributed by atoms with E-state index in [4.69, 9.17) is 4.99 Å². The van der Waals surface area contributed by atoms with Crippen molar-refractivity contribution in [2.24, 2.45) is 16.3 Å². The average Bonchev–Trinajstić information content (AvgIpc) is 3.12. The molecule has 0 bridgehead atoms. The number of hydrogen-bond donors (Lipinski definition) is 1. The lowest BCUT2D eigenvalue weighted by molar-refractivity contribution is 0.102. The lowest BCUT2D eigenvalue weighted by atomic mass is 9.72. The van der Waals surface area contributed by atoms with Crippen LogP contribution in [0.1, 0.15) is 53.6 Å². The fraction of sp³-hybridized carbons (Fsp3) is 0.308. The third kappa shape index (κ3) is 5.16. The SMILES string of the molecule is CC(C)(C)C1CCc2c(sc(/N=C/c3ccccc3)c2C(=O)Nc2ccc(Br)cc2)C1. The van der Waals surface area contributed by atoms with Crippen molar-refractivity contribution in [3.63, 3.8) is 0 Å². The molecule has 0 fully saturated rings. The molecule has 3 nitrogen and oxygen atoms in total. The second-order valence-corrected chi connectivity index (χ2v) is 11.1. The Morgan fingerprint density at radius 2 is 1.84 bits per heavy atom. The number of amides is 1. The minimum atomic E-state index is -0.0748. The summed E-state index contributed by atoms with van der Waals surface area (Å²) in [6.07, 6.45) is 4.91. The highest BCUT2D eigenvalue weighted by molar-refractivity contribution is 9.10. The first-order valence-corrected chi connectivity index (χ1v) is 12.2. The van der Waals surface area contributed by atoms with Gasteiger partial charge in [0.25, 0.3) is 5.91 Å². The van der Waals surface area contributed by atoms with Crippen LogP contribution in [0.15, 0.2) is 64.1 Å². The molecule has 1 aliphatic carbocycles. The Labute approximate surface area is 196 Å². The Kier molecular flexibility index (Phi) is 6.44. The van der Waals surface area contributed by atoms with Crippen molar-refractivity contribution in [1.29, 1.82) is 0 Å². The van der Waals surface area contributed by atoms with Gasteiger partial charge in [-0.15, -0.1) is 11.3 Å². The molecule has 160 valence electrons. The van der Waals surface area contributed by atoms with Crippen molar-refractivity contribution < 1.29 is 4.79 Å². The van der Waals surface area contributed by atoms with Gasteiger partial charge in [-0.2, -0.15) is 0 Å². The summed E-state index contributed by atoms with van der Waals surface area (Å²) >= 11 is 5.12. The first-order valence-electron chi connectivity index (χ1n) is 10.6. The summed E-state index contributed by atoms with van der Waals surface area (Å²) in [6, 6.07) is 17.7. The van der Waals surface area contributed by atoms with Crippen LogP contribution in [0.2, 0.25) is 0 Å². The third-order valence-electron chi connectivity index (χ3n) is 5.93. The van der Waals surface area contributed by atoms with E-state index < -0.39 is 0 Å². The smallest absolute Gasteiger partial charge is 0.259 e. The second-order valence-electron chi connectivity index (χ2n) is 9.12. The van der Waals surface area contributed by atoms with E-state index in [-0.39, 0.29) is 11.3 Å². The maximum absolute atomic E-state index is 13.4. The lowest BCUT2D eigenvalue weighted by Crippen LogP contribution is -2.27. The lowest BCUT2D eigenvalue weighted by Gasteiger charge is -2.33. The predicted octanol–water partition coefficient (Wildman–Crippen LogP) is 7.66. The Hall–Kier alpha value is -2.24. The molecule has 4 rings (SSSR count). The fourth-order valence-electron chi connectivity index (χ4n) is 4.03. The largest absolute Gasteiger partial charge is 0.322 e. The summed E-state index contributed by atoms with van der Waals surface area (Å²) in [5.74, 6) is 0.543. The van der Waals surface area contributed by atoms with E-state index in [1.54, 1.807) is 11.3 Å². The van der Waals surface area contributed by atoms with Gasteiger partial charge in [-0.3, -0.25) is 4.79 Å². The molecule has 2 aromatic carbocycles. The standard InChI is InChI=1S/C26H27BrN2OS/c1-26(2,3)18-9-14-21-22(15-18)31-25(28-16-17-7-5-4-6-8-17)23(21)24(30)29-20-12-10-19(27)11-13-20/h4-8,10-13,16,18H,9,14-15H2,1-3H3,(H,29,30)/b28-16+. The van der Waals surface area contributed by atoms with E-state index in [1.165, 1.54) is 10.4 Å². The molecule has 0 radical (unpaired) electrons. The Morgan fingerprint density at radius 3 is 2.52 bits per heavy atom. The zero-order valence-corrected chi connectivity index (χ0v) is 20.5. The number of benzene rings is 2. The maximum atomic E-state index is 13.4. The van der Waals surface area contributed by atoms with E-state index >= 15 is 0 Å². The van der Waals surface area contributed by atoms with Gasteiger partial charge in [0.05, 0.1) is 5.56 Å². The highest BCUT2D eigenvalue weighted by Crippen LogP contribution is 2.45. The van der Waals surface area contributed by atoms with E-state index in [0.29, 0.717) is 5.92 Å². The van der Waals surface area contributed by atoms with Crippen molar-refractivity contribution >= 4 is 50.1 Å². The molecule has 1 atom stereocenters. The molecule has 0 aliphatic heterocycles. The zero-order chi connectivity index (χ0) is 22.0. The molecule has 0 spiro atoms. The summed E-state index contributed by atoms with van der Waals surface area (Å²) in [4.78, 5) is 19.4. The molecule has 1 aromatic heterocycles. The van der Waals surface area contributed by atoms with Gasteiger partial charge in [-0.25, -0.2) is 4.99 Å². The van der Waals surface area contributed by atoms with Crippen molar-refractivity contribution in [2.75, 3.05) is 5.32 Å². The normalized spacial score (nSPS) is 16.3. The molecule has 1 heterocycles. The number of carbonyl (C=O) groups excluding carboxylic acids is 1. The first-order chi connectivity index (χ1) is 14.8. The maximum Gasteiger partial charge on any atom is 0.259 e. The van der Waals surface area contributed by atoms with Crippen LogP contribution >= 0.6 is 27.3 Å². The summed E-state index contributed by atoms with van der Waals surface area (Å²) in [5, 5.41) is 3.88. The van der Waals surface area contributed by atoms with E-state index in [9.17, 15) is 4.79 Å². The van der Waals surface area contributed by atoms with Crippen LogP contribution in [-0.2, 0) is 12.8 Å². The number of nitrogens with zero attached hydrogens (tertiary/aromatic N) is 1. The monoisotopic (exact) mass is 494 g/mol. The highest BCUT2D eigenvalue weighted by Gasteiger charge is 2.33. The number of nitrogens with one attached hydrogen (secondary N) is 1. The number of rotatable bonds is 4. The molecule has 5 heteroatoms. The summed E-state index contributed by atoms with van der Waals surface area (Å²) in [5.41, 5.74) is 3.99. The number of fused-ring (bicyclic) bond motifs is 1. The molecule has 1 N–H and O–H groups in total. The number of aliphatic imine (C=N–C) groups is 1. The van der Waals surface area contributed by atoms with Crippen LogP contribution in [0.25, 0.3) is 0 Å². The summed E-state index contributed by atoms with van der Waals surface area (Å²) in [6.45, 7) is 6.93. The van der Waals surface area contributed by atoms with Crippen molar-refractivity contribution in [3.8, 4) is 0 Å². The van der Waals surface area contributed by atoms with E-state index in [0.717, 1.165) is 45.6 Å². The summed E-state index contributed by atoms with van der Waals surface area (Å²) < 4.78 is 0.986. The topological polar surface area (TPSA) is 41.5 Å². The Bertz CT molecular complexity index is 1090. The molecular weight excluding hydrogens is 468 g/mol. The van der Waals surface area contributed by atoms with E-state index in [2.05, 4.69) is 42.0 Å². The number of anilines is 1. The number of halogens is 1. The molecule has 3 aromatic rings. The number of hydrogen-bond acceptors (Lipinski definition) is 3. The minimum Gasteiger partial charge on any atom is -0.322 e. The van der Waals surface area contributed by atoms with Gasteiger partial charge in [0.15, 0.2) is 0 Å². The Morgan fingerprint density at radius 1 is 1.13 bits per heavy atom. The number of thiophene rings is 1. The quantitative estimate of drug-likeness (QED) is 0.371. The van der Waals surface area contributed by atoms with Crippen molar-refractivity contribution in [1.82, 2.24) is 0 Å². The van der Waals surface area contributed by atoms with Crippen LogP contribution in [0, 0.1) is 11.3 Å².